The van der Waals surface area contributed by atoms with Crippen LogP contribution in [0.1, 0.15) is 31.4 Å². The zero-order valence-electron chi connectivity index (χ0n) is 16.2. The van der Waals surface area contributed by atoms with Crippen molar-refractivity contribution in [2.75, 3.05) is 12.8 Å². The summed E-state index contributed by atoms with van der Waals surface area (Å²) in [7, 11) is -3.38. The monoisotopic (exact) mass is 437 g/mol. The number of hydrogen-bond acceptors (Lipinski definition) is 5. The highest BCUT2D eigenvalue weighted by Gasteiger charge is 2.41. The lowest BCUT2D eigenvalue weighted by molar-refractivity contribution is -0.139. The van der Waals surface area contributed by atoms with Crippen molar-refractivity contribution in [3.05, 3.63) is 41.2 Å². The number of carbonyl (C=O) groups is 1. The number of aromatic nitrogens is 1. The van der Waals surface area contributed by atoms with Crippen LogP contribution in [0.4, 0.5) is 4.39 Å². The maximum Gasteiger partial charge on any atom is 0.225 e. The number of likely N-dealkylation sites (tertiary alicyclic amines) is 1. The Balaban J connectivity index is 1.54. The fourth-order valence-corrected chi connectivity index (χ4v) is 5.69. The SMILES string of the molecule is CS(=O)(=O)NC1CCN(C(=O)C2CCC2)C1Cc1csc(-c2ccc(F)cc2)n1. The van der Waals surface area contributed by atoms with Crippen molar-refractivity contribution in [2.24, 2.45) is 5.92 Å². The first-order chi connectivity index (χ1) is 13.8. The van der Waals surface area contributed by atoms with Crippen LogP contribution in [-0.4, -0.2) is 49.1 Å². The lowest BCUT2D eigenvalue weighted by Crippen LogP contribution is -2.49. The highest BCUT2D eigenvalue weighted by atomic mass is 32.2. The molecular formula is C20H24FN3O3S2. The highest BCUT2D eigenvalue weighted by Crippen LogP contribution is 2.33. The minimum absolute atomic E-state index is 0.0692. The highest BCUT2D eigenvalue weighted by molar-refractivity contribution is 7.88. The van der Waals surface area contributed by atoms with Gasteiger partial charge in [0.05, 0.1) is 18.0 Å². The second kappa shape index (κ2) is 8.12. The lowest BCUT2D eigenvalue weighted by Gasteiger charge is -2.34. The van der Waals surface area contributed by atoms with E-state index in [2.05, 4.69) is 9.71 Å². The first kappa shape index (κ1) is 20.4. The van der Waals surface area contributed by atoms with Crippen molar-refractivity contribution in [3.63, 3.8) is 0 Å². The molecule has 0 radical (unpaired) electrons. The maximum absolute atomic E-state index is 13.2. The predicted molar refractivity (Wildman–Crippen MR) is 110 cm³/mol. The van der Waals surface area contributed by atoms with Gasteiger partial charge in [-0.05, 0) is 43.5 Å². The van der Waals surface area contributed by atoms with Crippen LogP contribution in [0.3, 0.4) is 0 Å². The van der Waals surface area contributed by atoms with Crippen LogP contribution in [0, 0.1) is 11.7 Å². The Labute approximate surface area is 174 Å². The third-order valence-electron chi connectivity index (χ3n) is 5.71. The largest absolute Gasteiger partial charge is 0.337 e. The van der Waals surface area contributed by atoms with Crippen LogP contribution >= 0.6 is 11.3 Å². The van der Waals surface area contributed by atoms with E-state index in [1.54, 1.807) is 12.1 Å². The van der Waals surface area contributed by atoms with E-state index in [1.165, 1.54) is 23.5 Å². The Morgan fingerprint density at radius 2 is 2.00 bits per heavy atom. The predicted octanol–water partition coefficient (Wildman–Crippen LogP) is 2.81. The van der Waals surface area contributed by atoms with Gasteiger partial charge in [-0.3, -0.25) is 4.79 Å². The van der Waals surface area contributed by atoms with E-state index in [4.69, 9.17) is 0 Å². The van der Waals surface area contributed by atoms with Gasteiger partial charge in [0.2, 0.25) is 15.9 Å². The molecule has 1 N–H and O–H groups in total. The van der Waals surface area contributed by atoms with E-state index in [-0.39, 0.29) is 29.7 Å². The molecule has 2 aromatic rings. The Morgan fingerprint density at radius 1 is 1.28 bits per heavy atom. The molecule has 1 saturated carbocycles. The van der Waals surface area contributed by atoms with Gasteiger partial charge >= 0.3 is 0 Å². The number of thiazole rings is 1. The average Bonchev–Trinajstić information content (AvgIpc) is 3.21. The topological polar surface area (TPSA) is 79.4 Å². The molecule has 2 aliphatic rings. The number of hydrogen-bond donors (Lipinski definition) is 1. The molecule has 1 saturated heterocycles. The quantitative estimate of drug-likeness (QED) is 0.754. The molecular weight excluding hydrogens is 413 g/mol. The molecule has 1 aliphatic carbocycles. The van der Waals surface area contributed by atoms with Gasteiger partial charge in [0.1, 0.15) is 10.8 Å². The van der Waals surface area contributed by atoms with Crippen LogP contribution in [-0.2, 0) is 21.2 Å². The zero-order valence-corrected chi connectivity index (χ0v) is 17.8. The second-order valence-electron chi connectivity index (χ2n) is 7.87. The number of nitrogens with one attached hydrogen (secondary N) is 1. The number of halogens is 1. The number of carbonyl (C=O) groups excluding carboxylic acids is 1. The molecule has 156 valence electrons. The van der Waals surface area contributed by atoms with Gasteiger partial charge in [-0.2, -0.15) is 0 Å². The van der Waals surface area contributed by atoms with Crippen molar-refractivity contribution in [3.8, 4) is 10.6 Å². The molecule has 2 heterocycles. The fourth-order valence-electron chi connectivity index (χ4n) is 4.02. The Morgan fingerprint density at radius 3 is 2.62 bits per heavy atom. The van der Waals surface area contributed by atoms with Crippen molar-refractivity contribution >= 4 is 27.3 Å². The number of benzene rings is 1. The third-order valence-corrected chi connectivity index (χ3v) is 7.38. The summed E-state index contributed by atoms with van der Waals surface area (Å²) < 4.78 is 39.5. The van der Waals surface area contributed by atoms with E-state index in [0.29, 0.717) is 19.4 Å². The summed E-state index contributed by atoms with van der Waals surface area (Å²) >= 11 is 1.46. The van der Waals surface area contributed by atoms with Gasteiger partial charge in [-0.25, -0.2) is 22.5 Å². The molecule has 9 heteroatoms. The summed E-state index contributed by atoms with van der Waals surface area (Å²) in [5.74, 6) is -0.0935. The average molecular weight is 438 g/mol. The summed E-state index contributed by atoms with van der Waals surface area (Å²) in [5.41, 5.74) is 1.65. The first-order valence-electron chi connectivity index (χ1n) is 9.78. The third kappa shape index (κ3) is 4.67. The van der Waals surface area contributed by atoms with Gasteiger partial charge in [0.15, 0.2) is 0 Å². The Kier molecular flexibility index (Phi) is 5.72. The Bertz CT molecular complexity index is 987. The van der Waals surface area contributed by atoms with Crippen molar-refractivity contribution in [1.29, 1.82) is 0 Å². The molecule has 6 nitrogen and oxygen atoms in total. The van der Waals surface area contributed by atoms with E-state index in [9.17, 15) is 17.6 Å². The molecule has 2 atom stereocenters. The summed E-state index contributed by atoms with van der Waals surface area (Å²) in [5, 5.41) is 2.71. The van der Waals surface area contributed by atoms with Gasteiger partial charge in [0, 0.05) is 35.9 Å². The minimum atomic E-state index is -3.38. The van der Waals surface area contributed by atoms with E-state index < -0.39 is 10.0 Å². The molecule has 1 aliphatic heterocycles. The molecule has 1 aromatic heterocycles. The molecule has 1 amide bonds. The smallest absolute Gasteiger partial charge is 0.225 e. The summed E-state index contributed by atoms with van der Waals surface area (Å²) in [4.78, 5) is 19.4. The van der Waals surface area contributed by atoms with Crippen LogP contribution in [0.15, 0.2) is 29.6 Å². The molecule has 29 heavy (non-hydrogen) atoms. The lowest BCUT2D eigenvalue weighted by atomic mass is 9.84. The zero-order chi connectivity index (χ0) is 20.6. The summed E-state index contributed by atoms with van der Waals surface area (Å²) in [6.45, 7) is 0.558. The fraction of sp³-hybridized carbons (Fsp3) is 0.500. The normalized spacial score (nSPS) is 22.6. The summed E-state index contributed by atoms with van der Waals surface area (Å²) in [6, 6.07) is 5.62. The first-order valence-corrected chi connectivity index (χ1v) is 12.6. The van der Waals surface area contributed by atoms with E-state index >= 15 is 0 Å². The number of amides is 1. The van der Waals surface area contributed by atoms with Crippen molar-refractivity contribution in [2.45, 2.75) is 44.2 Å². The van der Waals surface area contributed by atoms with Crippen molar-refractivity contribution < 1.29 is 17.6 Å². The summed E-state index contributed by atoms with van der Waals surface area (Å²) in [6.07, 6.45) is 5.15. The van der Waals surface area contributed by atoms with Gasteiger partial charge < -0.3 is 4.90 Å². The van der Waals surface area contributed by atoms with Crippen LogP contribution < -0.4 is 4.72 Å². The standard InChI is InChI=1S/C20H24FN3O3S2/c1-29(26,27)23-17-9-10-24(20(25)14-3-2-4-14)18(17)11-16-12-28-19(22-16)13-5-7-15(21)8-6-13/h5-8,12,14,17-18,23H,2-4,9-11H2,1H3. The van der Waals surface area contributed by atoms with Crippen LogP contribution in [0.5, 0.6) is 0 Å². The van der Waals surface area contributed by atoms with Crippen LogP contribution in [0.2, 0.25) is 0 Å². The minimum Gasteiger partial charge on any atom is -0.337 e. The molecule has 2 unspecified atom stereocenters. The van der Waals surface area contributed by atoms with Gasteiger partial charge in [-0.1, -0.05) is 6.42 Å². The molecule has 1 aromatic carbocycles. The molecule has 0 spiro atoms. The van der Waals surface area contributed by atoms with Gasteiger partial charge in [-0.15, -0.1) is 11.3 Å². The van der Waals surface area contributed by atoms with Gasteiger partial charge in [0.25, 0.3) is 0 Å². The van der Waals surface area contributed by atoms with Crippen LogP contribution in [0.25, 0.3) is 10.6 Å². The number of rotatable bonds is 6. The molecule has 4 rings (SSSR count). The maximum atomic E-state index is 13.2. The van der Waals surface area contributed by atoms with Crippen molar-refractivity contribution in [1.82, 2.24) is 14.6 Å². The number of sulfonamides is 1. The van der Waals surface area contributed by atoms with E-state index in [1.807, 2.05) is 10.3 Å². The second-order valence-corrected chi connectivity index (χ2v) is 10.5. The Hall–Kier alpha value is -1.84. The van der Waals surface area contributed by atoms with E-state index in [0.717, 1.165) is 41.8 Å². The molecule has 0 bridgehead atoms. The number of nitrogens with zero attached hydrogens (tertiary/aromatic N) is 2. The molecule has 2 fully saturated rings.